The number of para-hydroxylation sites is 1. The van der Waals surface area contributed by atoms with Crippen LogP contribution < -0.4 is 5.32 Å². The van der Waals surface area contributed by atoms with Gasteiger partial charge in [-0.05, 0) is 36.6 Å². The largest absolute Gasteiger partial charge is 0.324 e. The average Bonchev–Trinajstić information content (AvgIpc) is 3.09. The lowest BCUT2D eigenvalue weighted by atomic mass is 10.2. The number of hydrogen-bond donors (Lipinski definition) is 2. The van der Waals surface area contributed by atoms with Crippen LogP contribution in [0.4, 0.5) is 5.69 Å². The molecule has 0 saturated carbocycles. The number of nitrogens with zero attached hydrogens (tertiary/aromatic N) is 2. The second kappa shape index (κ2) is 8.81. The van der Waals surface area contributed by atoms with E-state index < -0.39 is 0 Å². The number of aromatic amines is 1. The summed E-state index contributed by atoms with van der Waals surface area (Å²) >= 11 is 14.9. The summed E-state index contributed by atoms with van der Waals surface area (Å²) in [5.74, 6) is 0.614. The highest BCUT2D eigenvalue weighted by Gasteiger charge is 2.12. The van der Waals surface area contributed by atoms with Gasteiger partial charge in [0, 0.05) is 15.5 Å². The standard InChI is InChI=1S/C17H14Cl2N4OS2/c1-25-14-5-3-2-4-13(14)20-15(24)9-26-17-21-16(22-23-17)11-7-6-10(18)8-12(11)19/h2-8H,9H2,1H3,(H,20,24)(H,21,22,23). The van der Waals surface area contributed by atoms with Gasteiger partial charge < -0.3 is 5.32 Å². The second-order valence-electron chi connectivity index (χ2n) is 5.13. The molecule has 9 heteroatoms. The van der Waals surface area contributed by atoms with Crippen molar-refractivity contribution in [3.05, 3.63) is 52.5 Å². The molecule has 0 unspecified atom stereocenters. The zero-order valence-corrected chi connectivity index (χ0v) is 16.8. The van der Waals surface area contributed by atoms with Crippen molar-refractivity contribution in [1.82, 2.24) is 15.2 Å². The van der Waals surface area contributed by atoms with Gasteiger partial charge in [-0.3, -0.25) is 9.89 Å². The third kappa shape index (κ3) is 4.73. The normalized spacial score (nSPS) is 10.7. The Morgan fingerprint density at radius 3 is 2.81 bits per heavy atom. The summed E-state index contributed by atoms with van der Waals surface area (Å²) in [6.45, 7) is 0. The molecule has 2 N–H and O–H groups in total. The van der Waals surface area contributed by atoms with Gasteiger partial charge in [-0.15, -0.1) is 16.9 Å². The lowest BCUT2D eigenvalue weighted by molar-refractivity contribution is -0.113. The Labute approximate surface area is 169 Å². The Balaban J connectivity index is 1.62. The monoisotopic (exact) mass is 424 g/mol. The minimum atomic E-state index is -0.118. The van der Waals surface area contributed by atoms with Gasteiger partial charge in [0.25, 0.3) is 0 Å². The van der Waals surface area contributed by atoms with Gasteiger partial charge in [-0.25, -0.2) is 4.98 Å². The summed E-state index contributed by atoms with van der Waals surface area (Å²) in [5.41, 5.74) is 1.50. The number of halogens is 2. The number of aromatic nitrogens is 3. The molecule has 0 spiro atoms. The minimum absolute atomic E-state index is 0.118. The first-order chi connectivity index (χ1) is 12.6. The number of carbonyl (C=O) groups excluding carboxylic acids is 1. The zero-order chi connectivity index (χ0) is 18.5. The number of amides is 1. The van der Waals surface area contributed by atoms with E-state index in [1.807, 2.05) is 30.5 Å². The molecule has 5 nitrogen and oxygen atoms in total. The van der Waals surface area contributed by atoms with Crippen molar-refractivity contribution in [2.75, 3.05) is 17.3 Å². The Bertz CT molecular complexity index is 933. The third-order valence-electron chi connectivity index (χ3n) is 3.36. The van der Waals surface area contributed by atoms with Gasteiger partial charge in [0.2, 0.25) is 11.1 Å². The number of carbonyl (C=O) groups is 1. The molecule has 0 saturated heterocycles. The van der Waals surface area contributed by atoms with Crippen LogP contribution in [-0.4, -0.2) is 33.1 Å². The van der Waals surface area contributed by atoms with E-state index in [9.17, 15) is 4.79 Å². The number of anilines is 1. The van der Waals surface area contributed by atoms with Crippen molar-refractivity contribution in [1.29, 1.82) is 0 Å². The fourth-order valence-corrected chi connectivity index (χ4v) is 3.83. The third-order valence-corrected chi connectivity index (χ3v) is 5.56. The van der Waals surface area contributed by atoms with E-state index in [-0.39, 0.29) is 11.7 Å². The maximum Gasteiger partial charge on any atom is 0.234 e. The van der Waals surface area contributed by atoms with Gasteiger partial charge in [-0.1, -0.05) is 47.1 Å². The molecule has 2 aromatic carbocycles. The summed E-state index contributed by atoms with van der Waals surface area (Å²) in [6, 6.07) is 12.8. The fourth-order valence-electron chi connectivity index (χ4n) is 2.18. The predicted octanol–water partition coefficient (Wildman–Crippen LogP) is 5.23. The van der Waals surface area contributed by atoms with Crippen molar-refractivity contribution in [2.45, 2.75) is 10.1 Å². The summed E-state index contributed by atoms with van der Waals surface area (Å²) in [5, 5.41) is 11.4. The molecular formula is C17H14Cl2N4OS2. The van der Waals surface area contributed by atoms with Crippen LogP contribution in [0, 0.1) is 0 Å². The zero-order valence-electron chi connectivity index (χ0n) is 13.6. The fraction of sp³-hybridized carbons (Fsp3) is 0.118. The van der Waals surface area contributed by atoms with Gasteiger partial charge >= 0.3 is 0 Å². The predicted molar refractivity (Wildman–Crippen MR) is 109 cm³/mol. The first kappa shape index (κ1) is 19.1. The van der Waals surface area contributed by atoms with Crippen LogP contribution in [0.1, 0.15) is 0 Å². The Morgan fingerprint density at radius 2 is 2.04 bits per heavy atom. The van der Waals surface area contributed by atoms with E-state index in [0.717, 1.165) is 10.6 Å². The first-order valence-electron chi connectivity index (χ1n) is 7.50. The molecular weight excluding hydrogens is 411 g/mol. The smallest absolute Gasteiger partial charge is 0.234 e. The van der Waals surface area contributed by atoms with E-state index in [1.54, 1.807) is 30.0 Å². The number of H-pyrrole nitrogens is 1. The Kier molecular flexibility index (Phi) is 6.48. The lowest BCUT2D eigenvalue weighted by Crippen LogP contribution is -2.14. The molecule has 1 heterocycles. The highest BCUT2D eigenvalue weighted by atomic mass is 35.5. The van der Waals surface area contributed by atoms with E-state index in [4.69, 9.17) is 23.2 Å². The van der Waals surface area contributed by atoms with Crippen molar-refractivity contribution in [3.8, 4) is 11.4 Å². The summed E-state index contributed by atoms with van der Waals surface area (Å²) in [6.07, 6.45) is 1.97. The number of thioether (sulfide) groups is 2. The lowest BCUT2D eigenvalue weighted by Gasteiger charge is -2.08. The van der Waals surface area contributed by atoms with E-state index in [0.29, 0.717) is 26.6 Å². The van der Waals surface area contributed by atoms with Crippen LogP contribution in [0.25, 0.3) is 11.4 Å². The van der Waals surface area contributed by atoms with Crippen LogP contribution in [0.3, 0.4) is 0 Å². The molecule has 3 aromatic rings. The van der Waals surface area contributed by atoms with Crippen molar-refractivity contribution in [3.63, 3.8) is 0 Å². The summed E-state index contributed by atoms with van der Waals surface area (Å²) < 4.78 is 0. The average molecular weight is 425 g/mol. The number of benzene rings is 2. The molecule has 1 aromatic heterocycles. The molecule has 0 atom stereocenters. The molecule has 0 bridgehead atoms. The van der Waals surface area contributed by atoms with Crippen LogP contribution in [-0.2, 0) is 4.79 Å². The topological polar surface area (TPSA) is 70.7 Å². The summed E-state index contributed by atoms with van der Waals surface area (Å²) in [4.78, 5) is 17.6. The Hall–Kier alpha value is -1.67. The molecule has 0 fully saturated rings. The van der Waals surface area contributed by atoms with Gasteiger partial charge in [-0.2, -0.15) is 0 Å². The van der Waals surface area contributed by atoms with Gasteiger partial charge in [0.05, 0.1) is 16.5 Å². The second-order valence-corrected chi connectivity index (χ2v) is 7.76. The minimum Gasteiger partial charge on any atom is -0.324 e. The molecule has 26 heavy (non-hydrogen) atoms. The van der Waals surface area contributed by atoms with Crippen LogP contribution in [0.2, 0.25) is 10.0 Å². The molecule has 1 amide bonds. The van der Waals surface area contributed by atoms with Gasteiger partial charge in [0.1, 0.15) is 0 Å². The molecule has 134 valence electrons. The maximum atomic E-state index is 12.2. The van der Waals surface area contributed by atoms with Crippen molar-refractivity contribution >= 4 is 58.3 Å². The first-order valence-corrected chi connectivity index (χ1v) is 10.5. The molecule has 0 aliphatic heterocycles. The molecule has 0 aliphatic rings. The van der Waals surface area contributed by atoms with E-state index in [2.05, 4.69) is 20.5 Å². The van der Waals surface area contributed by atoms with Crippen LogP contribution >= 0.6 is 46.7 Å². The number of rotatable bonds is 6. The van der Waals surface area contributed by atoms with Crippen molar-refractivity contribution < 1.29 is 4.79 Å². The molecule has 0 radical (unpaired) electrons. The van der Waals surface area contributed by atoms with Gasteiger partial charge in [0.15, 0.2) is 5.82 Å². The molecule has 3 rings (SSSR count). The number of hydrogen-bond acceptors (Lipinski definition) is 5. The van der Waals surface area contributed by atoms with E-state index in [1.165, 1.54) is 11.8 Å². The highest BCUT2D eigenvalue weighted by Crippen LogP contribution is 2.29. The van der Waals surface area contributed by atoms with Crippen LogP contribution in [0.15, 0.2) is 52.5 Å². The number of nitrogens with one attached hydrogen (secondary N) is 2. The van der Waals surface area contributed by atoms with E-state index >= 15 is 0 Å². The Morgan fingerprint density at radius 1 is 1.23 bits per heavy atom. The molecule has 0 aliphatic carbocycles. The summed E-state index contributed by atoms with van der Waals surface area (Å²) in [7, 11) is 0. The van der Waals surface area contributed by atoms with Crippen LogP contribution in [0.5, 0.6) is 0 Å². The maximum absolute atomic E-state index is 12.2. The quantitative estimate of drug-likeness (QED) is 0.529. The SMILES string of the molecule is CSc1ccccc1NC(=O)CSc1n[nH]c(-c2ccc(Cl)cc2Cl)n1. The highest BCUT2D eigenvalue weighted by molar-refractivity contribution is 7.99. The van der Waals surface area contributed by atoms with Crippen molar-refractivity contribution in [2.24, 2.45) is 0 Å².